The first-order valence-electron chi connectivity index (χ1n) is 8.38. The molecule has 0 aromatic heterocycles. The number of hydrogen-bond donors (Lipinski definition) is 1. The maximum atomic E-state index is 11.2. The van der Waals surface area contributed by atoms with E-state index in [1.165, 1.54) is 0 Å². The number of carboxylic acid groups (broad SMARTS) is 1. The van der Waals surface area contributed by atoms with Crippen molar-refractivity contribution in [2.45, 2.75) is 38.2 Å². The predicted molar refractivity (Wildman–Crippen MR) is 92.3 cm³/mol. The van der Waals surface area contributed by atoms with Crippen LogP contribution in [0.4, 0.5) is 0 Å². The van der Waals surface area contributed by atoms with Gasteiger partial charge in [-0.25, -0.2) is 0 Å². The molecule has 1 aliphatic carbocycles. The van der Waals surface area contributed by atoms with Crippen molar-refractivity contribution in [3.63, 3.8) is 0 Å². The molecule has 1 aromatic carbocycles. The van der Waals surface area contributed by atoms with Crippen LogP contribution in [0.2, 0.25) is 0 Å². The summed E-state index contributed by atoms with van der Waals surface area (Å²) in [5.41, 5.74) is 0.415. The van der Waals surface area contributed by atoms with Crippen molar-refractivity contribution < 1.29 is 14.6 Å². The molecule has 0 fully saturated rings. The quantitative estimate of drug-likeness (QED) is 0.575. The largest absolute Gasteiger partial charge is 0.481 e. The lowest BCUT2D eigenvalue weighted by molar-refractivity contribution is -0.138. The lowest BCUT2D eigenvalue weighted by Crippen LogP contribution is -2.30. The van der Waals surface area contributed by atoms with Gasteiger partial charge < -0.3 is 9.84 Å². The van der Waals surface area contributed by atoms with E-state index >= 15 is 0 Å². The standard InChI is InChI=1S/C20H23NO3/c1-2-3-4-7-14-24-20(12-10-16(11-13-20)19(22)23)18-9-6-5-8-17(18)15-21/h5-6,8-13,16H,2-4,7,14H2,1H3,(H,22,23). The molecule has 0 radical (unpaired) electrons. The third-order valence-electron chi connectivity index (χ3n) is 4.19. The summed E-state index contributed by atoms with van der Waals surface area (Å²) in [5, 5.41) is 18.6. The highest BCUT2D eigenvalue weighted by molar-refractivity contribution is 5.75. The summed E-state index contributed by atoms with van der Waals surface area (Å²) in [6, 6.07) is 9.49. The summed E-state index contributed by atoms with van der Waals surface area (Å²) in [4.78, 5) is 11.2. The van der Waals surface area contributed by atoms with Gasteiger partial charge in [-0.15, -0.1) is 0 Å². The van der Waals surface area contributed by atoms with Gasteiger partial charge >= 0.3 is 5.97 Å². The second kappa shape index (κ2) is 8.47. The minimum Gasteiger partial charge on any atom is -0.481 e. The monoisotopic (exact) mass is 325 g/mol. The number of nitriles is 1. The van der Waals surface area contributed by atoms with Crippen molar-refractivity contribution >= 4 is 5.97 Å². The van der Waals surface area contributed by atoms with Gasteiger partial charge in [-0.1, -0.05) is 56.5 Å². The molecule has 0 saturated carbocycles. The van der Waals surface area contributed by atoms with Crippen LogP contribution in [0.5, 0.6) is 0 Å². The Morgan fingerprint density at radius 3 is 2.58 bits per heavy atom. The van der Waals surface area contributed by atoms with Crippen LogP contribution in [0.3, 0.4) is 0 Å². The van der Waals surface area contributed by atoms with E-state index in [0.29, 0.717) is 12.2 Å². The van der Waals surface area contributed by atoms with Crippen molar-refractivity contribution in [3.05, 3.63) is 59.7 Å². The lowest BCUT2D eigenvalue weighted by atomic mass is 9.84. The first-order valence-corrected chi connectivity index (χ1v) is 8.38. The summed E-state index contributed by atoms with van der Waals surface area (Å²) < 4.78 is 6.16. The smallest absolute Gasteiger partial charge is 0.314 e. The highest BCUT2D eigenvalue weighted by atomic mass is 16.5. The second-order valence-electron chi connectivity index (χ2n) is 5.94. The van der Waals surface area contributed by atoms with Gasteiger partial charge in [0.05, 0.1) is 17.6 Å². The molecule has 1 aromatic rings. The zero-order valence-corrected chi connectivity index (χ0v) is 13.9. The number of aliphatic carboxylic acids is 1. The van der Waals surface area contributed by atoms with Crippen LogP contribution in [0.1, 0.15) is 43.7 Å². The van der Waals surface area contributed by atoms with Gasteiger partial charge in [0.2, 0.25) is 0 Å². The fraction of sp³-hybridized carbons (Fsp3) is 0.400. The summed E-state index contributed by atoms with van der Waals surface area (Å²) in [6.07, 6.45) is 11.1. The number of hydrogen-bond acceptors (Lipinski definition) is 3. The van der Waals surface area contributed by atoms with Crippen LogP contribution in [-0.2, 0) is 15.1 Å². The van der Waals surface area contributed by atoms with E-state index in [-0.39, 0.29) is 0 Å². The molecule has 0 unspecified atom stereocenters. The minimum absolute atomic E-state index is 0.536. The van der Waals surface area contributed by atoms with E-state index in [4.69, 9.17) is 9.84 Å². The van der Waals surface area contributed by atoms with Crippen LogP contribution in [0, 0.1) is 17.2 Å². The molecule has 126 valence electrons. The molecular formula is C20H23NO3. The lowest BCUT2D eigenvalue weighted by Gasteiger charge is -2.32. The number of carboxylic acids is 1. The predicted octanol–water partition coefficient (Wildman–Crippen LogP) is 4.18. The molecule has 0 aliphatic heterocycles. The van der Waals surface area contributed by atoms with Crippen LogP contribution >= 0.6 is 0 Å². The molecule has 4 nitrogen and oxygen atoms in total. The Kier molecular flexibility index (Phi) is 6.34. The summed E-state index contributed by atoms with van der Waals surface area (Å²) in [5.74, 6) is -1.55. The molecule has 0 spiro atoms. The first kappa shape index (κ1) is 18.0. The van der Waals surface area contributed by atoms with Crippen LogP contribution < -0.4 is 0 Å². The summed E-state index contributed by atoms with van der Waals surface area (Å²) >= 11 is 0. The van der Waals surface area contributed by atoms with E-state index in [0.717, 1.165) is 31.2 Å². The Hall–Kier alpha value is -2.38. The Balaban J connectivity index is 2.26. The fourth-order valence-corrected chi connectivity index (χ4v) is 2.82. The average molecular weight is 325 g/mol. The number of nitrogens with zero attached hydrogens (tertiary/aromatic N) is 1. The molecule has 1 aliphatic rings. The maximum Gasteiger partial charge on any atom is 0.314 e. The Morgan fingerprint density at radius 2 is 1.96 bits per heavy atom. The van der Waals surface area contributed by atoms with E-state index in [9.17, 15) is 10.1 Å². The Labute approximate surface area is 143 Å². The Bertz CT molecular complexity index is 656. The highest BCUT2D eigenvalue weighted by Gasteiger charge is 2.33. The zero-order chi connectivity index (χ0) is 17.4. The van der Waals surface area contributed by atoms with Gasteiger partial charge in [-0.3, -0.25) is 4.79 Å². The molecule has 0 amide bonds. The zero-order valence-electron chi connectivity index (χ0n) is 13.9. The van der Waals surface area contributed by atoms with Gasteiger partial charge in [-0.05, 0) is 24.6 Å². The summed E-state index contributed by atoms with van der Waals surface area (Å²) in [7, 11) is 0. The van der Waals surface area contributed by atoms with Gasteiger partial charge in [0.15, 0.2) is 0 Å². The normalized spacial score (nSPS) is 22.2. The molecule has 2 rings (SSSR count). The number of unbranched alkanes of at least 4 members (excludes halogenated alkanes) is 3. The highest BCUT2D eigenvalue weighted by Crippen LogP contribution is 2.35. The molecule has 0 heterocycles. The number of ether oxygens (including phenoxy) is 1. The van der Waals surface area contributed by atoms with E-state index in [1.807, 2.05) is 18.2 Å². The van der Waals surface area contributed by atoms with Crippen LogP contribution in [-0.4, -0.2) is 17.7 Å². The molecule has 24 heavy (non-hydrogen) atoms. The molecule has 1 N–H and O–H groups in total. The molecule has 4 heteroatoms. The van der Waals surface area contributed by atoms with Gasteiger partial charge in [0.1, 0.15) is 5.60 Å². The van der Waals surface area contributed by atoms with Crippen molar-refractivity contribution in [2.75, 3.05) is 6.61 Å². The van der Waals surface area contributed by atoms with Crippen molar-refractivity contribution in [1.29, 1.82) is 5.26 Å². The van der Waals surface area contributed by atoms with E-state index in [2.05, 4.69) is 13.0 Å². The van der Waals surface area contributed by atoms with Crippen LogP contribution in [0.25, 0.3) is 0 Å². The SMILES string of the molecule is CCCCCCOC1(c2ccccc2C#N)C=CC(C(=O)O)C=C1. The van der Waals surface area contributed by atoms with Gasteiger partial charge in [-0.2, -0.15) is 5.26 Å². The number of rotatable bonds is 8. The minimum atomic E-state index is -0.896. The van der Waals surface area contributed by atoms with Gasteiger partial charge in [0, 0.05) is 12.2 Å². The van der Waals surface area contributed by atoms with Crippen molar-refractivity contribution in [2.24, 2.45) is 5.92 Å². The second-order valence-corrected chi connectivity index (χ2v) is 5.94. The average Bonchev–Trinajstić information content (AvgIpc) is 2.62. The van der Waals surface area contributed by atoms with E-state index in [1.54, 1.807) is 30.4 Å². The first-order chi connectivity index (χ1) is 11.6. The third-order valence-corrected chi connectivity index (χ3v) is 4.19. The number of benzene rings is 1. The van der Waals surface area contributed by atoms with Crippen LogP contribution in [0.15, 0.2) is 48.6 Å². The number of carbonyl (C=O) groups is 1. The van der Waals surface area contributed by atoms with Crippen molar-refractivity contribution in [3.8, 4) is 6.07 Å². The maximum absolute atomic E-state index is 11.2. The Morgan fingerprint density at radius 1 is 1.25 bits per heavy atom. The third kappa shape index (κ3) is 4.12. The summed E-state index contributed by atoms with van der Waals surface area (Å²) in [6.45, 7) is 2.72. The fourth-order valence-electron chi connectivity index (χ4n) is 2.82. The molecule has 0 saturated heterocycles. The topological polar surface area (TPSA) is 70.3 Å². The molecule has 0 atom stereocenters. The van der Waals surface area contributed by atoms with Gasteiger partial charge in [0.25, 0.3) is 0 Å². The molecule has 0 bridgehead atoms. The molecular weight excluding hydrogens is 302 g/mol. The van der Waals surface area contributed by atoms with E-state index < -0.39 is 17.5 Å². The van der Waals surface area contributed by atoms with Crippen molar-refractivity contribution in [1.82, 2.24) is 0 Å².